The molecule has 2 amide bonds. The first kappa shape index (κ1) is 30.2. The highest BCUT2D eigenvalue weighted by atomic mass is 16.2. The largest absolute Gasteiger partial charge is 0.339 e. The second kappa shape index (κ2) is 20.7. The maximum Gasteiger partial charge on any atom is 0.245 e. The van der Waals surface area contributed by atoms with E-state index in [4.69, 9.17) is 0 Å². The monoisotopic (exact) mass is 382 g/mol. The smallest absolute Gasteiger partial charge is 0.245 e. The Morgan fingerprint density at radius 3 is 1.37 bits per heavy atom. The molecule has 2 saturated heterocycles. The van der Waals surface area contributed by atoms with Gasteiger partial charge in [0.1, 0.15) is 0 Å². The third-order valence-electron chi connectivity index (χ3n) is 4.18. The van der Waals surface area contributed by atoms with Crippen LogP contribution >= 0.6 is 0 Å². The van der Waals surface area contributed by atoms with Crippen molar-refractivity contribution in [3.63, 3.8) is 0 Å². The fraction of sp³-hybridized carbons (Fsp3) is 0.739. The van der Waals surface area contributed by atoms with E-state index in [1.807, 2.05) is 51.3 Å². The summed E-state index contributed by atoms with van der Waals surface area (Å²) in [4.78, 5) is 25.8. The van der Waals surface area contributed by atoms with Crippen molar-refractivity contribution < 1.29 is 9.59 Å². The van der Waals surface area contributed by atoms with Crippen LogP contribution in [0.25, 0.3) is 0 Å². The van der Waals surface area contributed by atoms with Gasteiger partial charge in [-0.1, -0.05) is 68.5 Å². The van der Waals surface area contributed by atoms with E-state index >= 15 is 0 Å². The number of carbonyl (C=O) groups excluding carboxylic acids is 2. The van der Waals surface area contributed by atoms with Crippen molar-refractivity contribution in [2.75, 3.05) is 26.2 Å². The molecule has 4 heteroatoms. The lowest BCUT2D eigenvalue weighted by atomic mass is 9.99. The third-order valence-corrected chi connectivity index (χ3v) is 4.18. The molecule has 0 aromatic rings. The molecule has 160 valence electrons. The van der Waals surface area contributed by atoms with Crippen LogP contribution < -0.4 is 0 Å². The lowest BCUT2D eigenvalue weighted by Crippen LogP contribution is -2.36. The van der Waals surface area contributed by atoms with E-state index in [-0.39, 0.29) is 11.8 Å². The van der Waals surface area contributed by atoms with Crippen molar-refractivity contribution in [3.05, 3.63) is 25.3 Å². The Labute approximate surface area is 169 Å². The number of likely N-dealkylation sites (tertiary alicyclic amines) is 2. The van der Waals surface area contributed by atoms with Crippen LogP contribution in [-0.2, 0) is 9.59 Å². The van der Waals surface area contributed by atoms with E-state index in [0.717, 1.165) is 51.4 Å². The summed E-state index contributed by atoms with van der Waals surface area (Å²) in [5.74, 6) is 1.61. The van der Waals surface area contributed by atoms with Gasteiger partial charge in [0.15, 0.2) is 0 Å². The summed E-state index contributed by atoms with van der Waals surface area (Å²) >= 11 is 0. The van der Waals surface area contributed by atoms with Gasteiger partial charge in [0.05, 0.1) is 0 Å². The van der Waals surface area contributed by atoms with E-state index in [1.165, 1.54) is 12.2 Å². The summed E-state index contributed by atoms with van der Waals surface area (Å²) in [6, 6.07) is 0. The van der Waals surface area contributed by atoms with Crippen molar-refractivity contribution in [1.82, 2.24) is 9.80 Å². The zero-order valence-corrected chi connectivity index (χ0v) is 19.4. The third kappa shape index (κ3) is 14.2. The molecule has 0 bridgehead atoms. The zero-order valence-electron chi connectivity index (χ0n) is 19.4. The Balaban J connectivity index is -0.000000335. The molecule has 2 fully saturated rings. The fourth-order valence-electron chi connectivity index (χ4n) is 2.62. The zero-order chi connectivity index (χ0) is 21.8. The Morgan fingerprint density at radius 1 is 0.704 bits per heavy atom. The minimum Gasteiger partial charge on any atom is -0.339 e. The Morgan fingerprint density at radius 2 is 1.04 bits per heavy atom. The minimum absolute atomic E-state index is 0.0735. The van der Waals surface area contributed by atoms with Crippen LogP contribution in [-0.4, -0.2) is 47.8 Å². The topological polar surface area (TPSA) is 40.6 Å². The summed E-state index contributed by atoms with van der Waals surface area (Å²) in [6.45, 7) is 26.9. The first-order valence-electron chi connectivity index (χ1n) is 10.8. The normalized spacial score (nSPS) is 18.0. The number of hydrogen-bond acceptors (Lipinski definition) is 2. The fourth-order valence-corrected chi connectivity index (χ4v) is 2.62. The van der Waals surface area contributed by atoms with E-state index in [9.17, 15) is 9.59 Å². The van der Waals surface area contributed by atoms with Crippen LogP contribution in [0.4, 0.5) is 0 Å². The number of carbonyl (C=O) groups is 2. The summed E-state index contributed by atoms with van der Waals surface area (Å²) in [6.07, 6.45) is 6.20. The van der Waals surface area contributed by atoms with Gasteiger partial charge >= 0.3 is 0 Å². The quantitative estimate of drug-likeness (QED) is 0.587. The van der Waals surface area contributed by atoms with Gasteiger partial charge in [-0.2, -0.15) is 0 Å². The molecular weight excluding hydrogens is 336 g/mol. The van der Waals surface area contributed by atoms with Gasteiger partial charge in [-0.3, -0.25) is 9.59 Å². The molecule has 0 radical (unpaired) electrons. The van der Waals surface area contributed by atoms with E-state index in [2.05, 4.69) is 27.0 Å². The van der Waals surface area contributed by atoms with Crippen LogP contribution in [0.15, 0.2) is 25.3 Å². The minimum atomic E-state index is 0.0735. The lowest BCUT2D eigenvalue weighted by Gasteiger charge is -2.29. The molecule has 2 heterocycles. The predicted octanol–water partition coefficient (Wildman–Crippen LogP) is 5.55. The average molecular weight is 383 g/mol. The SMILES string of the molecule is C=CC(=O)N1CCC(C)C1.C=CC(=O)N1CCC(C)CC1.CC.CC.CC. The Kier molecular flexibility index (Phi) is 23.2. The second-order valence-corrected chi connectivity index (χ2v) is 6.09. The highest BCUT2D eigenvalue weighted by Crippen LogP contribution is 2.16. The number of nitrogens with zero attached hydrogens (tertiary/aromatic N) is 2. The van der Waals surface area contributed by atoms with Crippen molar-refractivity contribution in [2.45, 2.75) is 74.7 Å². The van der Waals surface area contributed by atoms with Crippen LogP contribution in [0.5, 0.6) is 0 Å². The van der Waals surface area contributed by atoms with Crippen molar-refractivity contribution in [1.29, 1.82) is 0 Å². The van der Waals surface area contributed by atoms with Gasteiger partial charge in [0, 0.05) is 26.2 Å². The number of amides is 2. The molecule has 0 aromatic heterocycles. The maximum atomic E-state index is 11.1. The average Bonchev–Trinajstić information content (AvgIpc) is 3.18. The molecule has 2 rings (SSSR count). The lowest BCUT2D eigenvalue weighted by molar-refractivity contribution is -0.127. The highest BCUT2D eigenvalue weighted by molar-refractivity contribution is 5.87. The highest BCUT2D eigenvalue weighted by Gasteiger charge is 2.20. The van der Waals surface area contributed by atoms with E-state index in [0.29, 0.717) is 5.92 Å². The van der Waals surface area contributed by atoms with Crippen LogP contribution in [0.1, 0.15) is 74.7 Å². The van der Waals surface area contributed by atoms with E-state index < -0.39 is 0 Å². The first-order chi connectivity index (χ1) is 13.0. The molecule has 0 aromatic carbocycles. The standard InChI is InChI=1S/C9H15NO.C8H13NO.3C2H6/c1-3-9(11)10-6-4-8(2)5-7-10;1-3-8(10)9-5-4-7(2)6-9;3*1-2/h3,8H,1,4-7H2,2H3;3,7H,1,4-6H2,2H3;3*1-2H3. The molecule has 2 aliphatic heterocycles. The number of hydrogen-bond donors (Lipinski definition) is 0. The summed E-state index contributed by atoms with van der Waals surface area (Å²) < 4.78 is 0. The maximum absolute atomic E-state index is 11.1. The van der Waals surface area contributed by atoms with Gasteiger partial charge in [0.2, 0.25) is 11.8 Å². The molecule has 0 N–H and O–H groups in total. The second-order valence-electron chi connectivity index (χ2n) is 6.09. The summed E-state index contributed by atoms with van der Waals surface area (Å²) in [5.41, 5.74) is 0. The van der Waals surface area contributed by atoms with Crippen molar-refractivity contribution >= 4 is 11.8 Å². The molecule has 2 aliphatic rings. The number of rotatable bonds is 2. The van der Waals surface area contributed by atoms with Gasteiger partial charge in [0.25, 0.3) is 0 Å². The summed E-state index contributed by atoms with van der Waals surface area (Å²) in [5, 5.41) is 0. The number of piperidine rings is 1. The van der Waals surface area contributed by atoms with Crippen molar-refractivity contribution in [3.8, 4) is 0 Å². The Hall–Kier alpha value is -1.58. The molecule has 1 unspecified atom stereocenters. The summed E-state index contributed by atoms with van der Waals surface area (Å²) in [7, 11) is 0. The van der Waals surface area contributed by atoms with E-state index in [1.54, 1.807) is 0 Å². The van der Waals surface area contributed by atoms with Gasteiger partial charge < -0.3 is 9.80 Å². The molecule has 0 saturated carbocycles. The molecule has 27 heavy (non-hydrogen) atoms. The van der Waals surface area contributed by atoms with Gasteiger partial charge in [-0.25, -0.2) is 0 Å². The van der Waals surface area contributed by atoms with Gasteiger partial charge in [-0.15, -0.1) is 0 Å². The molecule has 0 spiro atoms. The first-order valence-corrected chi connectivity index (χ1v) is 10.8. The van der Waals surface area contributed by atoms with Crippen LogP contribution in [0.3, 0.4) is 0 Å². The molecule has 1 atom stereocenters. The van der Waals surface area contributed by atoms with Crippen LogP contribution in [0.2, 0.25) is 0 Å². The predicted molar refractivity (Wildman–Crippen MR) is 120 cm³/mol. The Bertz CT molecular complexity index is 386. The molecular formula is C23H46N2O2. The van der Waals surface area contributed by atoms with Gasteiger partial charge in [-0.05, 0) is 43.3 Å². The van der Waals surface area contributed by atoms with Crippen molar-refractivity contribution in [2.24, 2.45) is 11.8 Å². The molecule has 0 aliphatic carbocycles. The van der Waals surface area contributed by atoms with Crippen LogP contribution in [0, 0.1) is 11.8 Å². The molecule has 4 nitrogen and oxygen atoms in total.